The van der Waals surface area contributed by atoms with Crippen LogP contribution in [-0.2, 0) is 17.1 Å². The highest BCUT2D eigenvalue weighted by Gasteiger charge is 2.17. The minimum Gasteiger partial charge on any atom is -0.305 e. The number of sulfonamides is 1. The van der Waals surface area contributed by atoms with E-state index in [9.17, 15) is 17.6 Å². The first-order valence-electron chi connectivity index (χ1n) is 7.63. The summed E-state index contributed by atoms with van der Waals surface area (Å²) >= 11 is 6.05. The van der Waals surface area contributed by atoms with Gasteiger partial charge in [-0.2, -0.15) is 5.10 Å². The lowest BCUT2D eigenvalue weighted by Crippen LogP contribution is -2.16. The number of aryl methyl sites for hydroxylation is 1. The summed E-state index contributed by atoms with van der Waals surface area (Å²) in [6.45, 7) is 0. The fourth-order valence-electron chi connectivity index (χ4n) is 2.23. The van der Waals surface area contributed by atoms with E-state index < -0.39 is 21.7 Å². The summed E-state index contributed by atoms with van der Waals surface area (Å²) < 4.78 is 41.7. The van der Waals surface area contributed by atoms with Crippen LogP contribution in [0.15, 0.2) is 59.6 Å². The molecule has 0 aliphatic carbocycles. The molecule has 1 aromatic heterocycles. The molecule has 27 heavy (non-hydrogen) atoms. The van der Waals surface area contributed by atoms with Gasteiger partial charge in [-0.25, -0.2) is 12.8 Å². The fourth-order valence-corrected chi connectivity index (χ4v) is 3.52. The number of aromatic nitrogens is 2. The summed E-state index contributed by atoms with van der Waals surface area (Å²) in [6, 6.07) is 10.1. The number of hydrogen-bond donors (Lipinski definition) is 2. The molecule has 1 heterocycles. The smallest absolute Gasteiger partial charge is 0.261 e. The first-order valence-corrected chi connectivity index (χ1v) is 9.50. The number of carbonyl (C=O) groups is 1. The molecule has 7 nitrogen and oxygen atoms in total. The van der Waals surface area contributed by atoms with Gasteiger partial charge in [-0.3, -0.25) is 14.2 Å². The second-order valence-corrected chi connectivity index (χ2v) is 7.67. The van der Waals surface area contributed by atoms with Gasteiger partial charge in [-0.05, 0) is 42.5 Å². The third kappa shape index (κ3) is 4.44. The fraction of sp³-hybridized carbons (Fsp3) is 0.0588. The first-order chi connectivity index (χ1) is 12.7. The van der Waals surface area contributed by atoms with E-state index in [1.165, 1.54) is 22.9 Å². The number of benzene rings is 2. The van der Waals surface area contributed by atoms with Crippen molar-refractivity contribution in [1.29, 1.82) is 0 Å². The SMILES string of the molecule is Cn1ccc(NC(=O)c2ccc(Cl)c(NS(=O)(=O)c3ccc(F)cc3)c2)n1. The molecule has 0 saturated heterocycles. The molecule has 0 bridgehead atoms. The van der Waals surface area contributed by atoms with Crippen molar-refractivity contribution >= 4 is 39.0 Å². The third-order valence-electron chi connectivity index (χ3n) is 3.55. The lowest BCUT2D eigenvalue weighted by Gasteiger charge is -2.11. The van der Waals surface area contributed by atoms with E-state index in [1.807, 2.05) is 0 Å². The highest BCUT2D eigenvalue weighted by atomic mass is 35.5. The number of rotatable bonds is 5. The Labute approximate surface area is 159 Å². The minimum atomic E-state index is -4.00. The van der Waals surface area contributed by atoms with Gasteiger partial charge in [0.1, 0.15) is 5.82 Å². The topological polar surface area (TPSA) is 93.1 Å². The van der Waals surface area contributed by atoms with Gasteiger partial charge in [0.2, 0.25) is 0 Å². The quantitative estimate of drug-likeness (QED) is 0.677. The second kappa shape index (κ2) is 7.37. The molecule has 3 aromatic rings. The molecular weight excluding hydrogens is 395 g/mol. The Hall–Kier alpha value is -2.91. The maximum absolute atomic E-state index is 13.0. The third-order valence-corrected chi connectivity index (χ3v) is 5.26. The maximum Gasteiger partial charge on any atom is 0.261 e. The second-order valence-electron chi connectivity index (χ2n) is 5.58. The molecule has 0 saturated carbocycles. The van der Waals surface area contributed by atoms with E-state index in [2.05, 4.69) is 15.1 Å². The van der Waals surface area contributed by atoms with Crippen LogP contribution >= 0.6 is 11.6 Å². The molecule has 0 unspecified atom stereocenters. The van der Waals surface area contributed by atoms with E-state index >= 15 is 0 Å². The van der Waals surface area contributed by atoms with Crippen molar-refractivity contribution in [2.75, 3.05) is 10.0 Å². The van der Waals surface area contributed by atoms with Crippen molar-refractivity contribution in [3.05, 3.63) is 71.1 Å². The average molecular weight is 409 g/mol. The predicted molar refractivity (Wildman–Crippen MR) is 99.8 cm³/mol. The molecule has 2 N–H and O–H groups in total. The van der Waals surface area contributed by atoms with Gasteiger partial charge in [0.05, 0.1) is 15.6 Å². The van der Waals surface area contributed by atoms with Gasteiger partial charge in [0.15, 0.2) is 5.82 Å². The minimum absolute atomic E-state index is 0.0228. The highest BCUT2D eigenvalue weighted by molar-refractivity contribution is 7.92. The number of halogens is 2. The summed E-state index contributed by atoms with van der Waals surface area (Å²) in [7, 11) is -2.29. The molecule has 0 aliphatic rings. The zero-order chi connectivity index (χ0) is 19.6. The summed E-state index contributed by atoms with van der Waals surface area (Å²) in [5, 5.41) is 6.74. The number of carbonyl (C=O) groups excluding carboxylic acids is 1. The lowest BCUT2D eigenvalue weighted by atomic mass is 10.2. The normalized spacial score (nSPS) is 11.2. The van der Waals surface area contributed by atoms with Crippen molar-refractivity contribution in [1.82, 2.24) is 9.78 Å². The van der Waals surface area contributed by atoms with Crippen molar-refractivity contribution < 1.29 is 17.6 Å². The van der Waals surface area contributed by atoms with Crippen molar-refractivity contribution in [2.24, 2.45) is 7.05 Å². The van der Waals surface area contributed by atoms with E-state index in [0.717, 1.165) is 24.3 Å². The monoisotopic (exact) mass is 408 g/mol. The van der Waals surface area contributed by atoms with Gasteiger partial charge in [0, 0.05) is 24.9 Å². The standard InChI is InChI=1S/C17H14ClFN4O3S/c1-23-9-8-16(21-23)20-17(24)11-2-7-14(18)15(10-11)22-27(25,26)13-5-3-12(19)4-6-13/h2-10,22H,1H3,(H,20,21,24). The largest absolute Gasteiger partial charge is 0.305 e. The number of amides is 1. The molecule has 0 aliphatic heterocycles. The zero-order valence-corrected chi connectivity index (χ0v) is 15.6. The number of nitrogens with one attached hydrogen (secondary N) is 2. The van der Waals surface area contributed by atoms with E-state index in [1.54, 1.807) is 19.3 Å². The van der Waals surface area contributed by atoms with Crippen LogP contribution in [0.25, 0.3) is 0 Å². The molecular formula is C17H14ClFN4O3S. The number of hydrogen-bond acceptors (Lipinski definition) is 4. The molecule has 2 aromatic carbocycles. The van der Waals surface area contributed by atoms with Crippen LogP contribution in [0.3, 0.4) is 0 Å². The summed E-state index contributed by atoms with van der Waals surface area (Å²) in [5.74, 6) is -0.682. The van der Waals surface area contributed by atoms with E-state index in [4.69, 9.17) is 11.6 Å². The van der Waals surface area contributed by atoms with Crippen molar-refractivity contribution in [3.63, 3.8) is 0 Å². The Morgan fingerprint density at radius 1 is 1.15 bits per heavy atom. The maximum atomic E-state index is 13.0. The molecule has 0 atom stereocenters. The van der Waals surface area contributed by atoms with Crippen molar-refractivity contribution in [3.8, 4) is 0 Å². The Morgan fingerprint density at radius 2 is 1.85 bits per heavy atom. The zero-order valence-electron chi connectivity index (χ0n) is 14.0. The Bertz CT molecular complexity index is 1100. The molecule has 10 heteroatoms. The van der Waals surface area contributed by atoms with Gasteiger partial charge < -0.3 is 5.32 Å². The molecule has 140 valence electrons. The Balaban J connectivity index is 1.84. The Morgan fingerprint density at radius 3 is 2.48 bits per heavy atom. The van der Waals surface area contributed by atoms with Crippen LogP contribution in [0.5, 0.6) is 0 Å². The van der Waals surface area contributed by atoms with Crippen molar-refractivity contribution in [2.45, 2.75) is 4.90 Å². The number of anilines is 2. The van der Waals surface area contributed by atoms with Gasteiger partial charge in [-0.1, -0.05) is 11.6 Å². The molecule has 1 amide bonds. The number of nitrogens with zero attached hydrogens (tertiary/aromatic N) is 2. The first kappa shape index (κ1) is 18.9. The van der Waals surface area contributed by atoms with Crippen LogP contribution in [0, 0.1) is 5.82 Å². The van der Waals surface area contributed by atoms with E-state index in [-0.39, 0.29) is 21.2 Å². The molecule has 0 spiro atoms. The summed E-state index contributed by atoms with van der Waals surface area (Å²) in [4.78, 5) is 12.2. The highest BCUT2D eigenvalue weighted by Crippen LogP contribution is 2.26. The summed E-state index contributed by atoms with van der Waals surface area (Å²) in [6.07, 6.45) is 1.67. The van der Waals surface area contributed by atoms with Gasteiger partial charge >= 0.3 is 0 Å². The summed E-state index contributed by atoms with van der Waals surface area (Å²) in [5.41, 5.74) is 0.205. The van der Waals surface area contributed by atoms with Crippen LogP contribution in [0.1, 0.15) is 10.4 Å². The Kier molecular flexibility index (Phi) is 5.15. The molecule has 0 radical (unpaired) electrons. The van der Waals surface area contributed by atoms with Crippen LogP contribution in [-0.4, -0.2) is 24.1 Å². The van der Waals surface area contributed by atoms with E-state index in [0.29, 0.717) is 5.82 Å². The van der Waals surface area contributed by atoms with Crippen LogP contribution < -0.4 is 10.0 Å². The average Bonchev–Trinajstić information content (AvgIpc) is 3.02. The predicted octanol–water partition coefficient (Wildman–Crippen LogP) is 3.27. The van der Waals surface area contributed by atoms with Gasteiger partial charge in [-0.15, -0.1) is 0 Å². The molecule has 0 fully saturated rings. The van der Waals surface area contributed by atoms with Crippen LogP contribution in [0.4, 0.5) is 15.9 Å². The molecule has 3 rings (SSSR count). The van der Waals surface area contributed by atoms with Gasteiger partial charge in [0.25, 0.3) is 15.9 Å². The van der Waals surface area contributed by atoms with Crippen LogP contribution in [0.2, 0.25) is 5.02 Å². The lowest BCUT2D eigenvalue weighted by molar-refractivity contribution is 0.102.